The van der Waals surface area contributed by atoms with E-state index in [0.29, 0.717) is 60.5 Å². The van der Waals surface area contributed by atoms with Gasteiger partial charge < -0.3 is 29.9 Å². The number of carbonyl (C=O) groups is 3. The number of amides is 3. The van der Waals surface area contributed by atoms with E-state index < -0.39 is 11.6 Å². The summed E-state index contributed by atoms with van der Waals surface area (Å²) in [5.74, 6) is -0.521. The van der Waals surface area contributed by atoms with Crippen LogP contribution in [-0.4, -0.2) is 68.2 Å². The van der Waals surface area contributed by atoms with E-state index in [1.807, 2.05) is 7.05 Å². The van der Waals surface area contributed by atoms with E-state index in [4.69, 9.17) is 21.1 Å². The van der Waals surface area contributed by atoms with Crippen molar-refractivity contribution < 1.29 is 23.9 Å². The van der Waals surface area contributed by atoms with E-state index in [-0.39, 0.29) is 18.4 Å². The van der Waals surface area contributed by atoms with Crippen molar-refractivity contribution in [1.82, 2.24) is 10.2 Å². The molecule has 34 heavy (non-hydrogen) atoms. The van der Waals surface area contributed by atoms with Crippen molar-refractivity contribution >= 4 is 68.2 Å². The predicted octanol–water partition coefficient (Wildman–Crippen LogP) is 3.72. The normalized spacial score (nSPS) is 18.4. The lowest BCUT2D eigenvalue weighted by atomic mass is 9.86. The summed E-state index contributed by atoms with van der Waals surface area (Å²) in [7, 11) is 1.97. The fourth-order valence-corrected chi connectivity index (χ4v) is 5.38. The second-order valence-corrected chi connectivity index (χ2v) is 11.0. The first-order valence-corrected chi connectivity index (χ1v) is 12.7. The third-order valence-corrected chi connectivity index (χ3v) is 7.64. The number of carbonyl (C=O) groups excluding carboxylic acids is 3. The Labute approximate surface area is 214 Å². The van der Waals surface area contributed by atoms with Crippen LogP contribution in [0.3, 0.4) is 0 Å². The summed E-state index contributed by atoms with van der Waals surface area (Å²) in [6.07, 6.45) is 0.160. The van der Waals surface area contributed by atoms with Gasteiger partial charge >= 0.3 is 6.09 Å². The molecule has 3 heterocycles. The number of nitrogens with one attached hydrogen (secondary N) is 2. The summed E-state index contributed by atoms with van der Waals surface area (Å²) in [5.41, 5.74) is -0.107. The van der Waals surface area contributed by atoms with Gasteiger partial charge in [-0.15, -0.1) is 0 Å². The monoisotopic (exact) mass is 570 g/mol. The number of thiophene rings is 1. The summed E-state index contributed by atoms with van der Waals surface area (Å²) in [6, 6.07) is 8.44. The number of likely N-dealkylation sites (tertiary alicyclic amines) is 1. The van der Waals surface area contributed by atoms with Gasteiger partial charge in [0.2, 0.25) is 5.91 Å². The lowest BCUT2D eigenvalue weighted by molar-refractivity contribution is -0.126. The van der Waals surface area contributed by atoms with Crippen LogP contribution in [-0.2, 0) is 14.3 Å². The molecule has 12 heteroatoms. The van der Waals surface area contributed by atoms with Crippen molar-refractivity contribution in [3.63, 3.8) is 0 Å². The van der Waals surface area contributed by atoms with Crippen LogP contribution in [0, 0.1) is 0 Å². The highest BCUT2D eigenvalue weighted by Crippen LogP contribution is 2.32. The lowest BCUT2D eigenvalue weighted by Crippen LogP contribution is -2.61. The molecule has 0 unspecified atom stereocenters. The molecule has 4 rings (SSSR count). The number of morpholine rings is 1. The molecule has 0 radical (unpaired) electrons. The van der Waals surface area contributed by atoms with Crippen molar-refractivity contribution in [2.24, 2.45) is 0 Å². The summed E-state index contributed by atoms with van der Waals surface area (Å²) < 4.78 is 11.4. The van der Waals surface area contributed by atoms with Crippen LogP contribution in [0.4, 0.5) is 16.2 Å². The van der Waals surface area contributed by atoms with Gasteiger partial charge in [0.05, 0.1) is 21.1 Å². The Morgan fingerprint density at radius 2 is 1.97 bits per heavy atom. The largest absolute Gasteiger partial charge is 0.414 e. The van der Waals surface area contributed by atoms with E-state index in [1.54, 1.807) is 35.2 Å². The van der Waals surface area contributed by atoms with E-state index in [2.05, 4.69) is 31.5 Å². The van der Waals surface area contributed by atoms with Crippen LogP contribution in [0.15, 0.2) is 34.1 Å². The zero-order valence-electron chi connectivity index (χ0n) is 18.4. The maximum absolute atomic E-state index is 13.4. The molecule has 2 fully saturated rings. The second kappa shape index (κ2) is 10.6. The summed E-state index contributed by atoms with van der Waals surface area (Å²) in [4.78, 5) is 41.8. The quantitative estimate of drug-likeness (QED) is 0.568. The molecule has 2 aliphatic rings. The number of benzene rings is 1. The average Bonchev–Trinajstić information content (AvgIpc) is 3.20. The summed E-state index contributed by atoms with van der Waals surface area (Å²) in [6.45, 7) is 2.12. The SMILES string of the molecule is CN1CCC(NC(=O)Oc2ccc(Br)s2)(C(=O)Nc2ccc(N3CCOCC3=O)c(Cl)c2)CC1. The summed E-state index contributed by atoms with van der Waals surface area (Å²) >= 11 is 11.1. The third kappa shape index (κ3) is 5.72. The average molecular weight is 572 g/mol. The Kier molecular flexibility index (Phi) is 7.78. The standard InChI is InChI=1S/C22H24BrClN4O5S/c1-27-8-6-22(7-9-27,26-21(31)33-19-5-4-17(23)34-19)20(30)25-14-2-3-16(15(24)12-14)28-10-11-32-13-18(28)29/h2-5,12H,6-11,13H2,1H3,(H,25,30)(H,26,31). The van der Waals surface area contributed by atoms with Crippen molar-refractivity contribution in [2.45, 2.75) is 18.4 Å². The molecule has 2 aromatic rings. The molecule has 3 amide bonds. The van der Waals surface area contributed by atoms with Crippen molar-refractivity contribution in [3.05, 3.63) is 39.1 Å². The molecule has 0 spiro atoms. The molecule has 0 atom stereocenters. The van der Waals surface area contributed by atoms with Crippen LogP contribution < -0.4 is 20.3 Å². The van der Waals surface area contributed by atoms with Gasteiger partial charge in [-0.05, 0) is 66.2 Å². The molecule has 182 valence electrons. The fraction of sp³-hybridized carbons (Fsp3) is 0.409. The van der Waals surface area contributed by atoms with Crippen molar-refractivity contribution in [3.8, 4) is 5.06 Å². The number of halogens is 2. The van der Waals surface area contributed by atoms with Gasteiger partial charge in [-0.3, -0.25) is 9.59 Å². The Morgan fingerprint density at radius 3 is 2.62 bits per heavy atom. The number of hydrogen-bond acceptors (Lipinski definition) is 7. The Balaban J connectivity index is 1.48. The van der Waals surface area contributed by atoms with Crippen LogP contribution >= 0.6 is 38.9 Å². The topological polar surface area (TPSA) is 100 Å². The molecular weight excluding hydrogens is 548 g/mol. The first-order chi connectivity index (χ1) is 16.3. The highest BCUT2D eigenvalue weighted by Gasteiger charge is 2.43. The Morgan fingerprint density at radius 1 is 1.21 bits per heavy atom. The van der Waals surface area contributed by atoms with Gasteiger partial charge in [0.1, 0.15) is 12.1 Å². The van der Waals surface area contributed by atoms with Crippen LogP contribution in [0.5, 0.6) is 5.06 Å². The fourth-order valence-electron chi connectivity index (χ4n) is 3.90. The highest BCUT2D eigenvalue weighted by molar-refractivity contribution is 9.11. The maximum Gasteiger partial charge on any atom is 0.414 e. The second-order valence-electron chi connectivity index (χ2n) is 8.18. The zero-order chi connectivity index (χ0) is 24.3. The van der Waals surface area contributed by atoms with Crippen LogP contribution in [0.1, 0.15) is 12.8 Å². The zero-order valence-corrected chi connectivity index (χ0v) is 21.6. The van der Waals surface area contributed by atoms with Gasteiger partial charge in [-0.2, -0.15) is 0 Å². The van der Waals surface area contributed by atoms with E-state index in [1.165, 1.54) is 11.3 Å². The highest BCUT2D eigenvalue weighted by atomic mass is 79.9. The number of piperidine rings is 1. The molecule has 1 aromatic carbocycles. The number of rotatable bonds is 5. The minimum absolute atomic E-state index is 0.00990. The number of anilines is 2. The van der Waals surface area contributed by atoms with Gasteiger partial charge in [-0.1, -0.05) is 22.9 Å². The smallest absolute Gasteiger partial charge is 0.399 e. The number of ether oxygens (including phenoxy) is 2. The van der Waals surface area contributed by atoms with Crippen LogP contribution in [0.2, 0.25) is 5.02 Å². The molecule has 0 bridgehead atoms. The molecule has 2 N–H and O–H groups in total. The van der Waals surface area contributed by atoms with Gasteiger partial charge in [0.15, 0.2) is 5.06 Å². The van der Waals surface area contributed by atoms with Crippen molar-refractivity contribution in [2.75, 3.05) is 50.1 Å². The predicted molar refractivity (Wildman–Crippen MR) is 134 cm³/mol. The Hall–Kier alpha value is -2.18. The lowest BCUT2D eigenvalue weighted by Gasteiger charge is -2.39. The van der Waals surface area contributed by atoms with Crippen molar-refractivity contribution in [1.29, 1.82) is 0 Å². The third-order valence-electron chi connectivity index (χ3n) is 5.84. The van der Waals surface area contributed by atoms with E-state index in [0.717, 1.165) is 3.79 Å². The summed E-state index contributed by atoms with van der Waals surface area (Å²) in [5, 5.41) is 6.44. The minimum Gasteiger partial charge on any atom is -0.399 e. The molecule has 9 nitrogen and oxygen atoms in total. The Bertz CT molecular complexity index is 1090. The van der Waals surface area contributed by atoms with Gasteiger partial charge in [0.25, 0.3) is 5.91 Å². The van der Waals surface area contributed by atoms with E-state index in [9.17, 15) is 14.4 Å². The first kappa shape index (κ1) is 24.9. The maximum atomic E-state index is 13.4. The molecule has 2 saturated heterocycles. The first-order valence-electron chi connectivity index (χ1n) is 10.7. The molecule has 0 aliphatic carbocycles. The van der Waals surface area contributed by atoms with Crippen LogP contribution in [0.25, 0.3) is 0 Å². The number of nitrogens with zero attached hydrogens (tertiary/aromatic N) is 2. The van der Waals surface area contributed by atoms with E-state index >= 15 is 0 Å². The molecular formula is C22H24BrClN4O5S. The minimum atomic E-state index is -1.14. The van der Waals surface area contributed by atoms with Gasteiger partial charge in [-0.25, -0.2) is 4.79 Å². The molecule has 2 aliphatic heterocycles. The molecule has 0 saturated carbocycles. The molecule has 1 aromatic heterocycles. The number of hydrogen-bond donors (Lipinski definition) is 2. The van der Waals surface area contributed by atoms with Gasteiger partial charge in [0, 0.05) is 25.3 Å².